The first-order valence-electron chi connectivity index (χ1n) is 7.05. The van der Waals surface area contributed by atoms with Crippen molar-refractivity contribution in [2.45, 2.75) is 25.0 Å². The summed E-state index contributed by atoms with van der Waals surface area (Å²) >= 11 is 5.93. The number of aliphatic hydroxyl groups excluding tert-OH is 1. The molecule has 1 aliphatic carbocycles. The second-order valence-corrected chi connectivity index (χ2v) is 6.09. The van der Waals surface area contributed by atoms with Crippen molar-refractivity contribution in [2.24, 2.45) is 11.8 Å². The third-order valence-corrected chi connectivity index (χ3v) is 4.47. The lowest BCUT2D eigenvalue weighted by molar-refractivity contribution is -0.0702. The standard InChI is InChI=1S/C15H18ClN3O2/c16-13-5-3-12(4-6-13)15(21,8-19-10-17-9-18-19)14(7-20)11-1-2-11/h3-6,9-11,14,20-21H,1-2,7-8H2. The van der Waals surface area contributed by atoms with Crippen LogP contribution in [-0.2, 0) is 12.1 Å². The molecule has 1 aromatic carbocycles. The summed E-state index contributed by atoms with van der Waals surface area (Å²) in [6.45, 7) is 0.203. The fourth-order valence-electron chi connectivity index (χ4n) is 2.91. The van der Waals surface area contributed by atoms with E-state index in [4.69, 9.17) is 11.6 Å². The number of hydrogen-bond acceptors (Lipinski definition) is 4. The Morgan fingerprint density at radius 2 is 2.05 bits per heavy atom. The molecule has 2 aromatic rings. The van der Waals surface area contributed by atoms with Crippen molar-refractivity contribution >= 4 is 11.6 Å². The predicted octanol–water partition coefficient (Wildman–Crippen LogP) is 1.84. The maximum atomic E-state index is 11.3. The summed E-state index contributed by atoms with van der Waals surface area (Å²) in [6.07, 6.45) is 5.09. The van der Waals surface area contributed by atoms with E-state index in [0.717, 1.165) is 18.4 Å². The van der Waals surface area contributed by atoms with Crippen LogP contribution >= 0.6 is 11.6 Å². The first kappa shape index (κ1) is 14.5. The minimum absolute atomic E-state index is 0.0571. The van der Waals surface area contributed by atoms with Gasteiger partial charge in [0.1, 0.15) is 18.3 Å². The van der Waals surface area contributed by atoms with Gasteiger partial charge in [-0.3, -0.25) is 0 Å². The van der Waals surface area contributed by atoms with Gasteiger partial charge in [-0.05, 0) is 36.5 Å². The summed E-state index contributed by atoms with van der Waals surface area (Å²) in [5.41, 5.74) is -0.442. The van der Waals surface area contributed by atoms with Gasteiger partial charge in [0.2, 0.25) is 0 Å². The zero-order chi connectivity index (χ0) is 14.9. The molecule has 0 spiro atoms. The molecular formula is C15H18ClN3O2. The van der Waals surface area contributed by atoms with Gasteiger partial charge in [-0.25, -0.2) is 9.67 Å². The van der Waals surface area contributed by atoms with Crippen LogP contribution in [0.4, 0.5) is 0 Å². The van der Waals surface area contributed by atoms with Gasteiger partial charge in [-0.15, -0.1) is 0 Å². The average Bonchev–Trinajstić information content (AvgIpc) is 3.17. The van der Waals surface area contributed by atoms with E-state index in [1.54, 1.807) is 23.1 Å². The third-order valence-electron chi connectivity index (χ3n) is 4.21. The molecule has 1 heterocycles. The molecule has 1 fully saturated rings. The lowest BCUT2D eigenvalue weighted by Crippen LogP contribution is -2.42. The fraction of sp³-hybridized carbons (Fsp3) is 0.467. The molecule has 21 heavy (non-hydrogen) atoms. The van der Waals surface area contributed by atoms with E-state index in [0.29, 0.717) is 10.9 Å². The SMILES string of the molecule is OCC(C1CC1)C(O)(Cn1cncn1)c1ccc(Cl)cc1. The Bertz CT molecular complexity index is 583. The van der Waals surface area contributed by atoms with E-state index >= 15 is 0 Å². The van der Waals surface area contributed by atoms with Crippen LogP contribution in [0.2, 0.25) is 5.02 Å². The average molecular weight is 308 g/mol. The van der Waals surface area contributed by atoms with Crippen molar-refractivity contribution in [1.82, 2.24) is 14.8 Å². The molecule has 0 radical (unpaired) electrons. The summed E-state index contributed by atoms with van der Waals surface area (Å²) in [5.74, 6) is 0.127. The highest BCUT2D eigenvalue weighted by Crippen LogP contribution is 2.46. The van der Waals surface area contributed by atoms with Gasteiger partial charge in [-0.2, -0.15) is 5.10 Å². The monoisotopic (exact) mass is 307 g/mol. The summed E-state index contributed by atoms with van der Waals surface area (Å²) in [5, 5.41) is 25.8. The molecule has 0 bridgehead atoms. The Labute approximate surface area is 128 Å². The van der Waals surface area contributed by atoms with Crippen LogP contribution in [0.15, 0.2) is 36.9 Å². The molecular weight excluding hydrogens is 290 g/mol. The Kier molecular flexibility index (Phi) is 3.97. The molecule has 6 heteroatoms. The quantitative estimate of drug-likeness (QED) is 0.854. The molecule has 0 amide bonds. The molecule has 3 rings (SSSR count). The van der Waals surface area contributed by atoms with Crippen LogP contribution in [-0.4, -0.2) is 31.6 Å². The van der Waals surface area contributed by atoms with Crippen LogP contribution in [0.5, 0.6) is 0 Å². The third kappa shape index (κ3) is 2.95. The molecule has 2 unspecified atom stereocenters. The molecule has 1 saturated carbocycles. The number of nitrogens with zero attached hydrogens (tertiary/aromatic N) is 3. The fourth-order valence-corrected chi connectivity index (χ4v) is 3.04. The maximum absolute atomic E-state index is 11.3. The zero-order valence-electron chi connectivity index (χ0n) is 11.6. The van der Waals surface area contributed by atoms with Crippen molar-refractivity contribution in [3.8, 4) is 0 Å². The number of rotatable bonds is 6. The Hall–Kier alpha value is -1.43. The van der Waals surface area contributed by atoms with Crippen molar-refractivity contribution in [3.05, 3.63) is 47.5 Å². The van der Waals surface area contributed by atoms with Crippen LogP contribution in [0.25, 0.3) is 0 Å². The highest BCUT2D eigenvalue weighted by atomic mass is 35.5. The van der Waals surface area contributed by atoms with Gasteiger partial charge in [0.05, 0.1) is 6.54 Å². The van der Waals surface area contributed by atoms with Gasteiger partial charge >= 0.3 is 0 Å². The summed E-state index contributed by atoms with van der Waals surface area (Å²) in [4.78, 5) is 3.92. The Morgan fingerprint density at radius 1 is 1.33 bits per heavy atom. The normalized spacial score (nSPS) is 19.2. The Morgan fingerprint density at radius 3 is 2.57 bits per heavy atom. The molecule has 0 saturated heterocycles. The smallest absolute Gasteiger partial charge is 0.137 e. The van der Waals surface area contributed by atoms with E-state index in [-0.39, 0.29) is 19.1 Å². The van der Waals surface area contributed by atoms with Gasteiger partial charge in [0, 0.05) is 17.5 Å². The summed E-state index contributed by atoms with van der Waals surface area (Å²) in [6, 6.07) is 7.13. The summed E-state index contributed by atoms with van der Waals surface area (Å²) in [7, 11) is 0. The molecule has 1 aromatic heterocycles. The van der Waals surface area contributed by atoms with Gasteiger partial charge in [0.15, 0.2) is 0 Å². The minimum atomic E-state index is -1.19. The topological polar surface area (TPSA) is 71.2 Å². The minimum Gasteiger partial charge on any atom is -0.396 e. The van der Waals surface area contributed by atoms with Gasteiger partial charge < -0.3 is 10.2 Å². The summed E-state index contributed by atoms with van der Waals surface area (Å²) < 4.78 is 1.60. The van der Waals surface area contributed by atoms with E-state index in [1.807, 2.05) is 12.1 Å². The highest BCUT2D eigenvalue weighted by Gasteiger charge is 2.46. The maximum Gasteiger partial charge on any atom is 0.137 e. The van der Waals surface area contributed by atoms with Gasteiger partial charge in [0.25, 0.3) is 0 Å². The van der Waals surface area contributed by atoms with Crippen LogP contribution in [0, 0.1) is 11.8 Å². The second-order valence-electron chi connectivity index (χ2n) is 5.65. The van der Waals surface area contributed by atoms with E-state index < -0.39 is 5.60 Å². The van der Waals surface area contributed by atoms with E-state index in [2.05, 4.69) is 10.1 Å². The lowest BCUT2D eigenvalue weighted by Gasteiger charge is -2.36. The van der Waals surface area contributed by atoms with Crippen molar-refractivity contribution in [2.75, 3.05) is 6.61 Å². The van der Waals surface area contributed by atoms with Gasteiger partial charge in [-0.1, -0.05) is 23.7 Å². The first-order chi connectivity index (χ1) is 10.1. The molecule has 5 nitrogen and oxygen atoms in total. The highest BCUT2D eigenvalue weighted by molar-refractivity contribution is 6.30. The molecule has 1 aliphatic rings. The Balaban J connectivity index is 1.98. The van der Waals surface area contributed by atoms with Crippen LogP contribution in [0.1, 0.15) is 18.4 Å². The molecule has 0 aliphatic heterocycles. The number of benzene rings is 1. The second kappa shape index (κ2) is 5.75. The first-order valence-corrected chi connectivity index (χ1v) is 7.43. The van der Waals surface area contributed by atoms with Crippen LogP contribution in [0.3, 0.4) is 0 Å². The largest absolute Gasteiger partial charge is 0.396 e. The van der Waals surface area contributed by atoms with E-state index in [9.17, 15) is 10.2 Å². The molecule has 2 N–H and O–H groups in total. The van der Waals surface area contributed by atoms with E-state index in [1.165, 1.54) is 6.33 Å². The van der Waals surface area contributed by atoms with Crippen molar-refractivity contribution in [3.63, 3.8) is 0 Å². The zero-order valence-corrected chi connectivity index (χ0v) is 12.3. The molecule has 112 valence electrons. The van der Waals surface area contributed by atoms with Crippen molar-refractivity contribution in [1.29, 1.82) is 0 Å². The number of aromatic nitrogens is 3. The number of hydrogen-bond donors (Lipinski definition) is 2. The molecule has 2 atom stereocenters. The van der Waals surface area contributed by atoms with Crippen LogP contribution < -0.4 is 0 Å². The van der Waals surface area contributed by atoms with Crippen molar-refractivity contribution < 1.29 is 10.2 Å². The number of halogens is 1. The predicted molar refractivity (Wildman–Crippen MR) is 78.7 cm³/mol. The lowest BCUT2D eigenvalue weighted by atomic mass is 9.78. The number of aliphatic hydroxyl groups is 2.